The zero-order chi connectivity index (χ0) is 14.8. The van der Waals surface area contributed by atoms with Crippen LogP contribution in [0.15, 0.2) is 22.7 Å². The van der Waals surface area contributed by atoms with E-state index >= 15 is 0 Å². The molecule has 1 aromatic rings. The minimum Gasteiger partial charge on any atom is -0.329 e. The molecule has 2 fully saturated rings. The van der Waals surface area contributed by atoms with Crippen LogP contribution in [0.4, 0.5) is 0 Å². The Labute approximate surface area is 140 Å². The molecule has 0 aliphatic carbocycles. The van der Waals surface area contributed by atoms with Crippen LogP contribution in [0.25, 0.3) is 0 Å². The van der Waals surface area contributed by atoms with Crippen LogP contribution in [0.2, 0.25) is 5.02 Å². The van der Waals surface area contributed by atoms with Crippen LogP contribution < -0.4 is 5.73 Å². The van der Waals surface area contributed by atoms with Gasteiger partial charge in [-0.1, -0.05) is 24.1 Å². The third kappa shape index (κ3) is 3.45. The number of nitrogens with zero attached hydrogens (tertiary/aromatic N) is 2. The van der Waals surface area contributed by atoms with Crippen molar-refractivity contribution in [2.45, 2.75) is 31.3 Å². The fourth-order valence-electron chi connectivity index (χ4n) is 3.68. The highest BCUT2D eigenvalue weighted by Crippen LogP contribution is 2.31. The van der Waals surface area contributed by atoms with E-state index in [0.29, 0.717) is 12.6 Å². The van der Waals surface area contributed by atoms with Gasteiger partial charge in [0.05, 0.1) is 5.02 Å². The maximum atomic E-state index is 6.11. The zero-order valence-electron chi connectivity index (χ0n) is 12.3. The molecule has 3 rings (SSSR count). The average molecular weight is 373 g/mol. The summed E-state index contributed by atoms with van der Waals surface area (Å²) >= 11 is 9.63. The zero-order valence-corrected chi connectivity index (χ0v) is 14.6. The minimum absolute atomic E-state index is 0.294. The normalized spacial score (nSPS) is 25.6. The molecule has 2 saturated heterocycles. The molecule has 0 bridgehead atoms. The van der Waals surface area contributed by atoms with Gasteiger partial charge in [0, 0.05) is 42.7 Å². The monoisotopic (exact) mass is 371 g/mol. The Balaban J connectivity index is 1.75. The maximum Gasteiger partial charge on any atom is 0.0548 e. The second-order valence-corrected chi connectivity index (χ2v) is 7.37. The maximum absolute atomic E-state index is 6.11. The van der Waals surface area contributed by atoms with Crippen molar-refractivity contribution in [2.24, 2.45) is 5.73 Å². The van der Waals surface area contributed by atoms with Crippen molar-refractivity contribution in [1.29, 1.82) is 0 Å². The van der Waals surface area contributed by atoms with Crippen LogP contribution in [0.1, 0.15) is 30.9 Å². The van der Waals surface area contributed by atoms with E-state index in [1.165, 1.54) is 37.9 Å². The van der Waals surface area contributed by atoms with E-state index in [9.17, 15) is 0 Å². The van der Waals surface area contributed by atoms with Crippen molar-refractivity contribution in [1.82, 2.24) is 9.80 Å². The van der Waals surface area contributed by atoms with Crippen molar-refractivity contribution in [2.75, 3.05) is 32.7 Å². The summed E-state index contributed by atoms with van der Waals surface area (Å²) in [6.07, 6.45) is 4.06. The van der Waals surface area contributed by atoms with Gasteiger partial charge in [0.1, 0.15) is 0 Å². The lowest BCUT2D eigenvalue weighted by Crippen LogP contribution is -2.56. The van der Waals surface area contributed by atoms with Crippen molar-refractivity contribution in [3.63, 3.8) is 0 Å². The Kier molecular flexibility index (Phi) is 5.23. The largest absolute Gasteiger partial charge is 0.329 e. The summed E-state index contributed by atoms with van der Waals surface area (Å²) in [5, 5.41) is 0.756. The van der Waals surface area contributed by atoms with Crippen molar-refractivity contribution >= 4 is 27.5 Å². The Morgan fingerprint density at radius 3 is 2.90 bits per heavy atom. The second-order valence-electron chi connectivity index (χ2n) is 6.11. The Bertz CT molecular complexity index is 496. The molecule has 116 valence electrons. The molecule has 0 aromatic heterocycles. The van der Waals surface area contributed by atoms with Crippen LogP contribution >= 0.6 is 27.5 Å². The number of rotatable bonds is 3. The van der Waals surface area contributed by atoms with Crippen molar-refractivity contribution in [3.8, 4) is 0 Å². The number of hydrogen-bond acceptors (Lipinski definition) is 3. The smallest absolute Gasteiger partial charge is 0.0548 e. The van der Waals surface area contributed by atoms with Gasteiger partial charge in [0.2, 0.25) is 0 Å². The quantitative estimate of drug-likeness (QED) is 0.884. The lowest BCUT2D eigenvalue weighted by Gasteiger charge is -2.46. The fraction of sp³-hybridized carbons (Fsp3) is 0.625. The van der Waals surface area contributed by atoms with Gasteiger partial charge in [0.25, 0.3) is 0 Å². The first-order chi connectivity index (χ1) is 10.2. The molecule has 1 aromatic carbocycles. The molecule has 2 unspecified atom stereocenters. The van der Waals surface area contributed by atoms with Gasteiger partial charge in [-0.05, 0) is 53.0 Å². The number of piperazine rings is 1. The van der Waals surface area contributed by atoms with E-state index in [1.807, 2.05) is 6.07 Å². The third-order valence-electron chi connectivity index (χ3n) is 4.86. The summed E-state index contributed by atoms with van der Waals surface area (Å²) in [5.74, 6) is 0. The molecule has 5 heteroatoms. The summed E-state index contributed by atoms with van der Waals surface area (Å²) in [4.78, 5) is 5.22. The highest BCUT2D eigenvalue weighted by molar-refractivity contribution is 9.10. The number of halogens is 2. The van der Waals surface area contributed by atoms with Gasteiger partial charge in [-0.2, -0.15) is 0 Å². The molecule has 3 nitrogen and oxygen atoms in total. The number of benzene rings is 1. The van der Waals surface area contributed by atoms with E-state index in [0.717, 1.165) is 28.6 Å². The number of nitrogens with two attached hydrogens (primary N) is 1. The van der Waals surface area contributed by atoms with E-state index in [4.69, 9.17) is 17.3 Å². The van der Waals surface area contributed by atoms with E-state index in [2.05, 4.69) is 37.9 Å². The lowest BCUT2D eigenvalue weighted by molar-refractivity contribution is 0.0286. The number of fused-ring (bicyclic) bond motifs is 1. The molecule has 0 saturated carbocycles. The Hall–Kier alpha value is -0.130. The molecule has 21 heavy (non-hydrogen) atoms. The SMILES string of the molecule is NCC(c1ccc(Cl)c(Br)c1)N1CCN2CCCCC2C1. The lowest BCUT2D eigenvalue weighted by atomic mass is 9.97. The summed E-state index contributed by atoms with van der Waals surface area (Å²) in [5.41, 5.74) is 7.35. The van der Waals surface area contributed by atoms with Crippen LogP contribution in [-0.2, 0) is 0 Å². The third-order valence-corrected chi connectivity index (χ3v) is 6.08. The van der Waals surface area contributed by atoms with Gasteiger partial charge in [-0.15, -0.1) is 0 Å². The second kappa shape index (κ2) is 6.97. The van der Waals surface area contributed by atoms with E-state index in [1.54, 1.807) is 0 Å². The van der Waals surface area contributed by atoms with Crippen molar-refractivity contribution < 1.29 is 0 Å². The summed E-state index contributed by atoms with van der Waals surface area (Å²) < 4.78 is 0.955. The molecule has 2 atom stereocenters. The first-order valence-corrected chi connectivity index (χ1v) is 8.99. The van der Waals surface area contributed by atoms with Gasteiger partial charge < -0.3 is 5.73 Å². The summed E-state index contributed by atoms with van der Waals surface area (Å²) in [6.45, 7) is 5.36. The number of piperidine rings is 1. The van der Waals surface area contributed by atoms with E-state index < -0.39 is 0 Å². The molecular formula is C16H23BrClN3. The highest BCUT2D eigenvalue weighted by atomic mass is 79.9. The molecule has 2 aliphatic rings. The first kappa shape index (κ1) is 15.8. The standard InChI is InChI=1S/C16H23BrClN3/c17-14-9-12(4-5-15(14)18)16(10-19)21-8-7-20-6-2-1-3-13(20)11-21/h4-5,9,13,16H,1-3,6-8,10-11,19H2. The molecular weight excluding hydrogens is 350 g/mol. The van der Waals surface area contributed by atoms with Crippen molar-refractivity contribution in [3.05, 3.63) is 33.3 Å². The molecule has 0 spiro atoms. The number of hydrogen-bond donors (Lipinski definition) is 1. The predicted molar refractivity (Wildman–Crippen MR) is 91.7 cm³/mol. The van der Waals surface area contributed by atoms with Crippen LogP contribution in [0.3, 0.4) is 0 Å². The van der Waals surface area contributed by atoms with Crippen LogP contribution in [0.5, 0.6) is 0 Å². The predicted octanol–water partition coefficient (Wildman–Crippen LogP) is 3.27. The molecule has 0 amide bonds. The molecule has 2 heterocycles. The molecule has 2 aliphatic heterocycles. The highest BCUT2D eigenvalue weighted by Gasteiger charge is 2.32. The average Bonchev–Trinajstić information content (AvgIpc) is 2.51. The summed E-state index contributed by atoms with van der Waals surface area (Å²) in [7, 11) is 0. The fourth-order valence-corrected chi connectivity index (χ4v) is 4.19. The van der Waals surface area contributed by atoms with Gasteiger partial charge in [-0.3, -0.25) is 9.80 Å². The summed E-state index contributed by atoms with van der Waals surface area (Å²) in [6, 6.07) is 7.20. The molecule has 2 N–H and O–H groups in total. The minimum atomic E-state index is 0.294. The van der Waals surface area contributed by atoms with Gasteiger partial charge in [-0.25, -0.2) is 0 Å². The Morgan fingerprint density at radius 1 is 1.29 bits per heavy atom. The van der Waals surface area contributed by atoms with Crippen LogP contribution in [0, 0.1) is 0 Å². The van der Waals surface area contributed by atoms with Gasteiger partial charge in [0.15, 0.2) is 0 Å². The topological polar surface area (TPSA) is 32.5 Å². The Morgan fingerprint density at radius 2 is 2.14 bits per heavy atom. The van der Waals surface area contributed by atoms with Gasteiger partial charge >= 0.3 is 0 Å². The van der Waals surface area contributed by atoms with E-state index in [-0.39, 0.29) is 0 Å². The molecule has 0 radical (unpaired) electrons. The van der Waals surface area contributed by atoms with Crippen LogP contribution in [-0.4, -0.2) is 48.6 Å². The first-order valence-electron chi connectivity index (χ1n) is 7.82.